The zero-order chi connectivity index (χ0) is 14.5. The lowest BCUT2D eigenvalue weighted by molar-refractivity contribution is -0.111. The third-order valence-electron chi connectivity index (χ3n) is 2.66. The van der Waals surface area contributed by atoms with Crippen LogP contribution in [0.2, 0.25) is 0 Å². The first kappa shape index (κ1) is 16.4. The van der Waals surface area contributed by atoms with E-state index in [0.29, 0.717) is 22.6 Å². The number of carbonyl (C=O) groups is 1. The number of phenols is 1. The highest BCUT2D eigenvalue weighted by Crippen LogP contribution is 2.17. The SMILES string of the molecule is Cl.Nc1ccc(N)c(/C=C/C(=O)Nc2ccc(O)cc2)c1. The fourth-order valence-electron chi connectivity index (χ4n) is 1.63. The Morgan fingerprint density at radius 1 is 1.10 bits per heavy atom. The third kappa shape index (κ3) is 4.74. The van der Waals surface area contributed by atoms with Gasteiger partial charge in [-0.15, -0.1) is 12.4 Å². The summed E-state index contributed by atoms with van der Waals surface area (Å²) in [6, 6.07) is 11.3. The van der Waals surface area contributed by atoms with Crippen molar-refractivity contribution in [2.75, 3.05) is 16.8 Å². The van der Waals surface area contributed by atoms with Gasteiger partial charge in [0.25, 0.3) is 0 Å². The average Bonchev–Trinajstić information content (AvgIpc) is 2.42. The van der Waals surface area contributed by atoms with Gasteiger partial charge in [-0.1, -0.05) is 0 Å². The Kier molecular flexibility index (Phi) is 5.63. The smallest absolute Gasteiger partial charge is 0.248 e. The number of amides is 1. The van der Waals surface area contributed by atoms with Gasteiger partial charge in [0.05, 0.1) is 0 Å². The summed E-state index contributed by atoms with van der Waals surface area (Å²) in [6.07, 6.45) is 2.97. The number of aromatic hydroxyl groups is 1. The maximum absolute atomic E-state index is 11.7. The van der Waals surface area contributed by atoms with Gasteiger partial charge < -0.3 is 21.9 Å². The molecule has 0 fully saturated rings. The summed E-state index contributed by atoms with van der Waals surface area (Å²) in [6.45, 7) is 0. The number of nitrogens with one attached hydrogen (secondary N) is 1. The van der Waals surface area contributed by atoms with Crippen molar-refractivity contribution in [3.05, 3.63) is 54.1 Å². The summed E-state index contributed by atoms with van der Waals surface area (Å²) in [4.78, 5) is 11.7. The van der Waals surface area contributed by atoms with Gasteiger partial charge in [0.15, 0.2) is 0 Å². The molecule has 2 aromatic carbocycles. The summed E-state index contributed by atoms with van der Waals surface area (Å²) < 4.78 is 0. The molecule has 6 heteroatoms. The molecule has 0 saturated carbocycles. The van der Waals surface area contributed by atoms with Crippen molar-refractivity contribution < 1.29 is 9.90 Å². The lowest BCUT2D eigenvalue weighted by Crippen LogP contribution is -2.07. The first-order chi connectivity index (χ1) is 9.54. The molecule has 2 rings (SSSR count). The van der Waals surface area contributed by atoms with Crippen molar-refractivity contribution >= 4 is 41.5 Å². The van der Waals surface area contributed by atoms with Crippen LogP contribution in [0.5, 0.6) is 5.75 Å². The van der Waals surface area contributed by atoms with Gasteiger partial charge in [-0.2, -0.15) is 0 Å². The summed E-state index contributed by atoms with van der Waals surface area (Å²) in [7, 11) is 0. The molecule has 0 atom stereocenters. The molecule has 6 N–H and O–H groups in total. The van der Waals surface area contributed by atoms with Crippen LogP contribution >= 0.6 is 12.4 Å². The Bertz CT molecular complexity index is 654. The Balaban J connectivity index is 0.00000220. The molecule has 0 spiro atoms. The zero-order valence-electron chi connectivity index (χ0n) is 11.1. The van der Waals surface area contributed by atoms with E-state index in [4.69, 9.17) is 16.6 Å². The molecule has 0 unspecified atom stereocenters. The van der Waals surface area contributed by atoms with Crippen LogP contribution in [0.4, 0.5) is 17.1 Å². The second-order valence-corrected chi connectivity index (χ2v) is 4.26. The van der Waals surface area contributed by atoms with Gasteiger partial charge in [-0.3, -0.25) is 4.79 Å². The fraction of sp³-hybridized carbons (Fsp3) is 0. The van der Waals surface area contributed by atoms with Gasteiger partial charge >= 0.3 is 0 Å². The number of nitrogens with two attached hydrogens (primary N) is 2. The van der Waals surface area contributed by atoms with Gasteiger partial charge in [-0.05, 0) is 54.1 Å². The van der Waals surface area contributed by atoms with E-state index in [0.717, 1.165) is 0 Å². The molecular weight excluding hydrogens is 290 g/mol. The molecule has 0 aliphatic carbocycles. The van der Waals surface area contributed by atoms with E-state index in [-0.39, 0.29) is 24.1 Å². The Morgan fingerprint density at radius 3 is 2.43 bits per heavy atom. The highest BCUT2D eigenvalue weighted by atomic mass is 35.5. The lowest BCUT2D eigenvalue weighted by atomic mass is 10.1. The average molecular weight is 306 g/mol. The molecule has 0 aliphatic rings. The van der Waals surface area contributed by atoms with Crippen LogP contribution in [-0.2, 0) is 4.79 Å². The minimum absolute atomic E-state index is 0. The number of halogens is 1. The van der Waals surface area contributed by atoms with Crippen LogP contribution in [0, 0.1) is 0 Å². The topological polar surface area (TPSA) is 101 Å². The van der Waals surface area contributed by atoms with Crippen molar-refractivity contribution in [3.8, 4) is 5.75 Å². The summed E-state index contributed by atoms with van der Waals surface area (Å²) in [5.74, 6) is -0.149. The number of hydrogen-bond donors (Lipinski definition) is 4. The van der Waals surface area contributed by atoms with Gasteiger partial charge in [0, 0.05) is 23.1 Å². The highest BCUT2D eigenvalue weighted by molar-refractivity contribution is 6.02. The molecular formula is C15H16ClN3O2. The fourth-order valence-corrected chi connectivity index (χ4v) is 1.63. The summed E-state index contributed by atoms with van der Waals surface area (Å²) in [5, 5.41) is 11.8. The molecule has 0 aliphatic heterocycles. The second kappa shape index (κ2) is 7.21. The van der Waals surface area contributed by atoms with Crippen LogP contribution in [0.25, 0.3) is 6.08 Å². The Labute approximate surface area is 128 Å². The maximum Gasteiger partial charge on any atom is 0.248 e. The standard InChI is InChI=1S/C15H15N3O2.ClH/c16-11-2-7-14(17)10(9-11)1-8-15(20)18-12-3-5-13(19)6-4-12;/h1-9,19H,16-17H2,(H,18,20);1H/b8-1+;. The van der Waals surface area contributed by atoms with Crippen molar-refractivity contribution in [1.29, 1.82) is 0 Å². The molecule has 0 saturated heterocycles. The molecule has 5 nitrogen and oxygen atoms in total. The zero-order valence-corrected chi connectivity index (χ0v) is 11.9. The minimum atomic E-state index is -0.294. The molecule has 0 radical (unpaired) electrons. The van der Waals surface area contributed by atoms with Gasteiger partial charge in [0.1, 0.15) is 5.75 Å². The van der Waals surface area contributed by atoms with Crippen molar-refractivity contribution in [2.45, 2.75) is 0 Å². The van der Waals surface area contributed by atoms with Gasteiger partial charge in [-0.25, -0.2) is 0 Å². The van der Waals surface area contributed by atoms with Gasteiger partial charge in [0.2, 0.25) is 5.91 Å². The molecule has 110 valence electrons. The molecule has 2 aromatic rings. The molecule has 1 amide bonds. The van der Waals surface area contributed by atoms with Crippen LogP contribution in [0.3, 0.4) is 0 Å². The number of phenolic OH excluding ortho intramolecular Hbond substituents is 1. The monoisotopic (exact) mass is 305 g/mol. The van der Waals surface area contributed by atoms with Crippen LogP contribution < -0.4 is 16.8 Å². The number of hydrogen-bond acceptors (Lipinski definition) is 4. The van der Waals surface area contributed by atoms with Crippen molar-refractivity contribution in [1.82, 2.24) is 0 Å². The number of anilines is 3. The predicted molar refractivity (Wildman–Crippen MR) is 88.3 cm³/mol. The maximum atomic E-state index is 11.7. The molecule has 0 heterocycles. The van der Waals surface area contributed by atoms with Crippen LogP contribution in [0.1, 0.15) is 5.56 Å². The molecule has 0 aromatic heterocycles. The van der Waals surface area contributed by atoms with E-state index >= 15 is 0 Å². The van der Waals surface area contributed by atoms with Crippen molar-refractivity contribution in [2.24, 2.45) is 0 Å². The summed E-state index contributed by atoms with van der Waals surface area (Å²) in [5.41, 5.74) is 13.8. The quantitative estimate of drug-likeness (QED) is 0.398. The Hall–Kier alpha value is -2.66. The third-order valence-corrected chi connectivity index (χ3v) is 2.66. The first-order valence-electron chi connectivity index (χ1n) is 5.98. The van der Waals surface area contributed by atoms with E-state index in [1.807, 2.05) is 0 Å². The lowest BCUT2D eigenvalue weighted by Gasteiger charge is -2.03. The van der Waals surface area contributed by atoms with Crippen LogP contribution in [0.15, 0.2) is 48.5 Å². The number of rotatable bonds is 3. The van der Waals surface area contributed by atoms with Crippen LogP contribution in [-0.4, -0.2) is 11.0 Å². The molecule has 0 bridgehead atoms. The largest absolute Gasteiger partial charge is 0.508 e. The van der Waals surface area contributed by atoms with E-state index in [9.17, 15) is 4.79 Å². The van der Waals surface area contributed by atoms with E-state index in [1.165, 1.54) is 18.2 Å². The normalized spacial score (nSPS) is 10.1. The predicted octanol–water partition coefficient (Wildman–Crippen LogP) is 2.63. The van der Waals surface area contributed by atoms with E-state index in [1.54, 1.807) is 36.4 Å². The summed E-state index contributed by atoms with van der Waals surface area (Å²) >= 11 is 0. The first-order valence-corrected chi connectivity index (χ1v) is 5.98. The number of carbonyl (C=O) groups excluding carboxylic acids is 1. The van der Waals surface area contributed by atoms with Crippen molar-refractivity contribution in [3.63, 3.8) is 0 Å². The van der Waals surface area contributed by atoms with E-state index in [2.05, 4.69) is 5.32 Å². The molecule has 21 heavy (non-hydrogen) atoms. The second-order valence-electron chi connectivity index (χ2n) is 4.26. The number of benzene rings is 2. The minimum Gasteiger partial charge on any atom is -0.508 e. The highest BCUT2D eigenvalue weighted by Gasteiger charge is 2.00. The number of nitrogen functional groups attached to an aromatic ring is 2. The van der Waals surface area contributed by atoms with E-state index < -0.39 is 0 Å². The Morgan fingerprint density at radius 2 is 1.76 bits per heavy atom.